The Morgan fingerprint density at radius 1 is 0.933 bits per heavy atom. The van der Waals surface area contributed by atoms with Gasteiger partial charge in [-0.1, -0.05) is 36.4 Å². The summed E-state index contributed by atoms with van der Waals surface area (Å²) in [5, 5.41) is 10.9. The zero-order valence-corrected chi connectivity index (χ0v) is 17.2. The smallest absolute Gasteiger partial charge is 0.274 e. The van der Waals surface area contributed by atoms with E-state index in [2.05, 4.69) is 28.6 Å². The first kappa shape index (κ1) is 21.4. The summed E-state index contributed by atoms with van der Waals surface area (Å²) in [7, 11) is 4.07. The third-order valence-electron chi connectivity index (χ3n) is 4.81. The van der Waals surface area contributed by atoms with Gasteiger partial charge in [0.15, 0.2) is 0 Å². The van der Waals surface area contributed by atoms with Crippen LogP contribution in [0.3, 0.4) is 0 Å². The van der Waals surface area contributed by atoms with Gasteiger partial charge in [0.05, 0.1) is 0 Å². The number of rotatable bonds is 7. The highest BCUT2D eigenvalue weighted by Gasteiger charge is 2.15. The lowest BCUT2D eigenvalue weighted by molar-refractivity contribution is -0.00832. The van der Waals surface area contributed by atoms with Crippen molar-refractivity contribution in [3.63, 3.8) is 0 Å². The van der Waals surface area contributed by atoms with E-state index < -0.39 is 11.8 Å². The topological polar surface area (TPSA) is 90.9 Å². The quantitative estimate of drug-likeness (QED) is 0.412. The van der Waals surface area contributed by atoms with Crippen LogP contribution in [0.15, 0.2) is 60.7 Å². The molecule has 0 aromatic heterocycles. The zero-order valence-electron chi connectivity index (χ0n) is 17.2. The standard InChI is InChI=1S/C23H25N3O4/c1-15(30-25-23(28)17-10-8-16(9-11-17)22(27)24-29)19-13-12-18(14-26(2)3)20-6-4-5-7-21(19)20/h4-13,15,29H,14H2,1-3H3,(H,24,27)(H,25,28). The van der Waals surface area contributed by atoms with E-state index in [4.69, 9.17) is 10.0 Å². The van der Waals surface area contributed by atoms with Gasteiger partial charge in [0.25, 0.3) is 11.8 Å². The van der Waals surface area contributed by atoms with E-state index in [9.17, 15) is 9.59 Å². The van der Waals surface area contributed by atoms with Crippen LogP contribution in [0.1, 0.15) is 44.9 Å². The molecule has 0 aliphatic heterocycles. The highest BCUT2D eigenvalue weighted by molar-refractivity contribution is 5.97. The van der Waals surface area contributed by atoms with Gasteiger partial charge in [0.1, 0.15) is 6.10 Å². The average Bonchev–Trinajstić information content (AvgIpc) is 2.76. The summed E-state index contributed by atoms with van der Waals surface area (Å²) < 4.78 is 0. The molecule has 0 spiro atoms. The molecule has 7 heteroatoms. The molecule has 0 heterocycles. The van der Waals surface area contributed by atoms with Crippen LogP contribution in [0.2, 0.25) is 0 Å². The second-order valence-corrected chi connectivity index (χ2v) is 7.31. The molecular weight excluding hydrogens is 382 g/mol. The van der Waals surface area contributed by atoms with Crippen molar-refractivity contribution >= 4 is 22.6 Å². The van der Waals surface area contributed by atoms with Gasteiger partial charge in [-0.2, -0.15) is 0 Å². The predicted octanol–water partition coefficient (Wildman–Crippen LogP) is 3.44. The van der Waals surface area contributed by atoms with Crippen molar-refractivity contribution in [2.75, 3.05) is 14.1 Å². The van der Waals surface area contributed by atoms with Crippen molar-refractivity contribution < 1.29 is 19.6 Å². The molecule has 7 nitrogen and oxygen atoms in total. The van der Waals surface area contributed by atoms with Crippen LogP contribution in [0.25, 0.3) is 10.8 Å². The van der Waals surface area contributed by atoms with Crippen LogP contribution in [-0.4, -0.2) is 36.0 Å². The Morgan fingerprint density at radius 3 is 2.13 bits per heavy atom. The van der Waals surface area contributed by atoms with E-state index in [1.54, 1.807) is 5.48 Å². The summed E-state index contributed by atoms with van der Waals surface area (Å²) in [6.07, 6.45) is -0.369. The van der Waals surface area contributed by atoms with E-state index in [1.165, 1.54) is 29.8 Å². The Bertz CT molecular complexity index is 1050. The maximum Gasteiger partial charge on any atom is 0.274 e. The van der Waals surface area contributed by atoms with Crippen molar-refractivity contribution in [2.24, 2.45) is 0 Å². The SMILES string of the molecule is CC(ONC(=O)c1ccc(C(=O)NO)cc1)c1ccc(CN(C)C)c2ccccc12. The monoisotopic (exact) mass is 407 g/mol. The van der Waals surface area contributed by atoms with Gasteiger partial charge in [-0.15, -0.1) is 0 Å². The van der Waals surface area contributed by atoms with E-state index in [0.29, 0.717) is 5.56 Å². The summed E-state index contributed by atoms with van der Waals surface area (Å²) in [6.45, 7) is 2.71. The number of hydrogen-bond acceptors (Lipinski definition) is 5. The first-order valence-electron chi connectivity index (χ1n) is 9.56. The maximum absolute atomic E-state index is 12.4. The van der Waals surface area contributed by atoms with E-state index in [0.717, 1.165) is 22.9 Å². The number of nitrogens with zero attached hydrogens (tertiary/aromatic N) is 1. The fourth-order valence-corrected chi connectivity index (χ4v) is 3.32. The Morgan fingerprint density at radius 2 is 1.53 bits per heavy atom. The molecule has 3 N–H and O–H groups in total. The Kier molecular flexibility index (Phi) is 6.79. The number of carbonyl (C=O) groups is 2. The van der Waals surface area contributed by atoms with Crippen molar-refractivity contribution in [3.8, 4) is 0 Å². The van der Waals surface area contributed by atoms with Gasteiger partial charge >= 0.3 is 0 Å². The van der Waals surface area contributed by atoms with Crippen LogP contribution in [0.5, 0.6) is 0 Å². The molecule has 156 valence electrons. The molecule has 3 rings (SSSR count). The molecule has 3 aromatic rings. The molecule has 0 aliphatic rings. The molecule has 30 heavy (non-hydrogen) atoms. The second kappa shape index (κ2) is 9.49. The van der Waals surface area contributed by atoms with Gasteiger partial charge in [0.2, 0.25) is 0 Å². The van der Waals surface area contributed by atoms with Gasteiger partial charge in [-0.3, -0.25) is 19.6 Å². The highest BCUT2D eigenvalue weighted by Crippen LogP contribution is 2.29. The summed E-state index contributed by atoms with van der Waals surface area (Å²) in [4.78, 5) is 31.5. The van der Waals surface area contributed by atoms with Crippen LogP contribution in [-0.2, 0) is 11.4 Å². The molecule has 0 saturated carbocycles. The number of benzene rings is 3. The minimum absolute atomic E-state index is 0.243. The van der Waals surface area contributed by atoms with Gasteiger partial charge in [-0.25, -0.2) is 11.0 Å². The number of hydrogen-bond donors (Lipinski definition) is 3. The minimum Gasteiger partial charge on any atom is -0.305 e. The molecule has 1 atom stereocenters. The zero-order chi connectivity index (χ0) is 21.7. The van der Waals surface area contributed by atoms with Gasteiger partial charge < -0.3 is 4.90 Å². The van der Waals surface area contributed by atoms with E-state index in [-0.39, 0.29) is 11.7 Å². The van der Waals surface area contributed by atoms with Crippen LogP contribution < -0.4 is 11.0 Å². The number of fused-ring (bicyclic) bond motifs is 1. The Hall–Kier alpha value is -3.26. The number of hydroxylamine groups is 2. The number of amides is 2. The van der Waals surface area contributed by atoms with Crippen molar-refractivity contribution in [2.45, 2.75) is 19.6 Å². The van der Waals surface area contributed by atoms with Gasteiger partial charge in [-0.05, 0) is 67.2 Å². The third-order valence-corrected chi connectivity index (χ3v) is 4.81. The molecule has 3 aromatic carbocycles. The summed E-state index contributed by atoms with van der Waals surface area (Å²) >= 11 is 0. The van der Waals surface area contributed by atoms with Crippen LogP contribution >= 0.6 is 0 Å². The van der Waals surface area contributed by atoms with Crippen molar-refractivity contribution in [1.82, 2.24) is 15.9 Å². The predicted molar refractivity (Wildman–Crippen MR) is 114 cm³/mol. The van der Waals surface area contributed by atoms with Crippen LogP contribution in [0.4, 0.5) is 0 Å². The largest absolute Gasteiger partial charge is 0.305 e. The first-order chi connectivity index (χ1) is 14.4. The summed E-state index contributed by atoms with van der Waals surface area (Å²) in [5.41, 5.74) is 6.80. The molecule has 0 fully saturated rings. The summed E-state index contributed by atoms with van der Waals surface area (Å²) in [5.74, 6) is -1.07. The van der Waals surface area contributed by atoms with E-state index >= 15 is 0 Å². The lowest BCUT2D eigenvalue weighted by atomic mass is 9.97. The molecule has 2 amide bonds. The van der Waals surface area contributed by atoms with Crippen LogP contribution in [0, 0.1) is 0 Å². The molecule has 0 aliphatic carbocycles. The lowest BCUT2D eigenvalue weighted by Crippen LogP contribution is -2.25. The maximum atomic E-state index is 12.4. The molecule has 0 saturated heterocycles. The lowest BCUT2D eigenvalue weighted by Gasteiger charge is -2.19. The summed E-state index contributed by atoms with van der Waals surface area (Å²) in [6, 6.07) is 18.1. The molecule has 0 bridgehead atoms. The molecule has 0 radical (unpaired) electrons. The fourth-order valence-electron chi connectivity index (χ4n) is 3.32. The van der Waals surface area contributed by atoms with E-state index in [1.807, 2.05) is 39.2 Å². The molecule has 1 unspecified atom stereocenters. The first-order valence-corrected chi connectivity index (χ1v) is 9.56. The number of carbonyl (C=O) groups excluding carboxylic acids is 2. The van der Waals surface area contributed by atoms with Crippen molar-refractivity contribution in [1.29, 1.82) is 0 Å². The van der Waals surface area contributed by atoms with Crippen molar-refractivity contribution in [3.05, 3.63) is 82.9 Å². The fraction of sp³-hybridized carbons (Fsp3) is 0.217. The second-order valence-electron chi connectivity index (χ2n) is 7.31. The highest BCUT2D eigenvalue weighted by atomic mass is 16.7. The third kappa shape index (κ3) is 4.83. The Balaban J connectivity index is 1.73. The normalized spacial score (nSPS) is 12.0. The minimum atomic E-state index is -0.642. The number of nitrogens with one attached hydrogen (secondary N) is 2. The Labute approximate surface area is 175 Å². The molecular formula is C23H25N3O4. The average molecular weight is 407 g/mol. The van der Waals surface area contributed by atoms with Gasteiger partial charge in [0, 0.05) is 17.7 Å².